The minimum Gasteiger partial charge on any atom is -0.439 e. The summed E-state index contributed by atoms with van der Waals surface area (Å²) in [7, 11) is 0. The highest BCUT2D eigenvalue weighted by Crippen LogP contribution is 2.31. The lowest BCUT2D eigenvalue weighted by Gasteiger charge is -2.10. The molecule has 0 aliphatic rings. The van der Waals surface area contributed by atoms with E-state index in [4.69, 9.17) is 4.74 Å². The van der Waals surface area contributed by atoms with Crippen LogP contribution in [0.3, 0.4) is 0 Å². The third kappa shape index (κ3) is 3.47. The number of alkyl halides is 3. The van der Waals surface area contributed by atoms with E-state index in [2.05, 4.69) is 20.9 Å². The van der Waals surface area contributed by atoms with Crippen molar-refractivity contribution in [2.75, 3.05) is 0 Å². The average Bonchev–Trinajstić information content (AvgIpc) is 2.33. The smallest absolute Gasteiger partial charge is 0.433 e. The van der Waals surface area contributed by atoms with Crippen LogP contribution in [0.25, 0.3) is 0 Å². The van der Waals surface area contributed by atoms with Gasteiger partial charge in [-0.2, -0.15) is 13.2 Å². The highest BCUT2D eigenvalue weighted by molar-refractivity contribution is 9.10. The fourth-order valence-corrected chi connectivity index (χ4v) is 1.77. The van der Waals surface area contributed by atoms with Gasteiger partial charge in [-0.1, -0.05) is 28.1 Å². The van der Waals surface area contributed by atoms with Gasteiger partial charge in [0, 0.05) is 10.5 Å². The van der Waals surface area contributed by atoms with E-state index < -0.39 is 11.9 Å². The number of hydrogen-bond acceptors (Lipinski definition) is 2. The summed E-state index contributed by atoms with van der Waals surface area (Å²) in [5.41, 5.74) is -0.167. The van der Waals surface area contributed by atoms with Crippen LogP contribution in [0.15, 0.2) is 40.9 Å². The summed E-state index contributed by atoms with van der Waals surface area (Å²) in [5, 5.41) is 0. The molecule has 2 nitrogen and oxygen atoms in total. The molecule has 0 atom stereocenters. The maximum Gasteiger partial charge on any atom is 0.433 e. The summed E-state index contributed by atoms with van der Waals surface area (Å²) in [6.45, 7) is 1.80. The number of aromatic nitrogens is 1. The molecule has 0 fully saturated rings. The number of nitrogens with zero attached hydrogens (tertiary/aromatic N) is 1. The Hall–Kier alpha value is -1.56. The van der Waals surface area contributed by atoms with E-state index in [9.17, 15) is 13.2 Å². The molecule has 0 amide bonds. The molecule has 0 N–H and O–H groups in total. The maximum atomic E-state index is 12.5. The van der Waals surface area contributed by atoms with Gasteiger partial charge in [0.2, 0.25) is 5.88 Å². The number of halogens is 4. The molecule has 0 radical (unpaired) electrons. The molecule has 19 heavy (non-hydrogen) atoms. The van der Waals surface area contributed by atoms with Crippen LogP contribution in [0.2, 0.25) is 0 Å². The van der Waals surface area contributed by atoms with Crippen molar-refractivity contribution in [3.8, 4) is 11.6 Å². The standard InChI is InChI=1S/C13H9BrF3NO/c1-8-5-6-9(14)7-10(8)19-12-4-2-3-11(18-12)13(15,16)17/h2-7H,1H3. The van der Waals surface area contributed by atoms with Gasteiger partial charge in [-0.05, 0) is 30.7 Å². The first kappa shape index (κ1) is 13.9. The largest absolute Gasteiger partial charge is 0.439 e. The predicted molar refractivity (Wildman–Crippen MR) is 68.2 cm³/mol. The summed E-state index contributed by atoms with van der Waals surface area (Å²) in [5.74, 6) is 0.372. The molecular weight excluding hydrogens is 323 g/mol. The molecule has 6 heteroatoms. The van der Waals surface area contributed by atoms with E-state index in [0.717, 1.165) is 16.1 Å². The number of aryl methyl sites for hydroxylation is 1. The van der Waals surface area contributed by atoms with Gasteiger partial charge >= 0.3 is 6.18 Å². The van der Waals surface area contributed by atoms with Crippen LogP contribution in [-0.2, 0) is 6.18 Å². The SMILES string of the molecule is Cc1ccc(Br)cc1Oc1cccc(C(F)(F)F)n1. The number of rotatable bonds is 2. The van der Waals surface area contributed by atoms with E-state index in [1.54, 1.807) is 19.1 Å². The van der Waals surface area contributed by atoms with E-state index in [1.807, 2.05) is 6.07 Å². The van der Waals surface area contributed by atoms with Crippen molar-refractivity contribution in [1.82, 2.24) is 4.98 Å². The van der Waals surface area contributed by atoms with Gasteiger partial charge in [0.1, 0.15) is 11.4 Å². The van der Waals surface area contributed by atoms with Gasteiger partial charge in [0.05, 0.1) is 0 Å². The third-order valence-corrected chi connectivity index (χ3v) is 2.87. The molecule has 100 valence electrons. The van der Waals surface area contributed by atoms with Crippen molar-refractivity contribution in [2.45, 2.75) is 13.1 Å². The molecule has 1 aromatic heterocycles. The zero-order valence-electron chi connectivity index (χ0n) is 9.83. The highest BCUT2D eigenvalue weighted by atomic mass is 79.9. The van der Waals surface area contributed by atoms with Crippen molar-refractivity contribution in [1.29, 1.82) is 0 Å². The Morgan fingerprint density at radius 1 is 1.16 bits per heavy atom. The second-order valence-electron chi connectivity index (χ2n) is 3.87. The molecule has 2 aromatic rings. The summed E-state index contributed by atoms with van der Waals surface area (Å²) >= 11 is 3.28. The van der Waals surface area contributed by atoms with Gasteiger partial charge in [0.25, 0.3) is 0 Å². The molecule has 1 aromatic carbocycles. The van der Waals surface area contributed by atoms with Gasteiger partial charge in [-0.25, -0.2) is 4.98 Å². The Bertz CT molecular complexity index is 599. The summed E-state index contributed by atoms with van der Waals surface area (Å²) < 4.78 is 43.7. The molecular formula is C13H9BrF3NO. The summed E-state index contributed by atoms with van der Waals surface area (Å²) in [6, 6.07) is 8.85. The van der Waals surface area contributed by atoms with Gasteiger partial charge in [0.15, 0.2) is 0 Å². The highest BCUT2D eigenvalue weighted by Gasteiger charge is 2.32. The first-order valence-electron chi connectivity index (χ1n) is 5.34. The van der Waals surface area contributed by atoms with Crippen molar-refractivity contribution in [3.05, 3.63) is 52.1 Å². The van der Waals surface area contributed by atoms with Crippen molar-refractivity contribution in [2.24, 2.45) is 0 Å². The second-order valence-corrected chi connectivity index (χ2v) is 4.79. The molecule has 0 saturated carbocycles. The Morgan fingerprint density at radius 3 is 2.58 bits per heavy atom. The molecule has 0 unspecified atom stereocenters. The minimum absolute atomic E-state index is 0.0870. The molecule has 0 aliphatic heterocycles. The number of hydrogen-bond donors (Lipinski definition) is 0. The van der Waals surface area contributed by atoms with E-state index in [1.165, 1.54) is 12.1 Å². The normalized spacial score (nSPS) is 11.4. The van der Waals surface area contributed by atoms with Gasteiger partial charge in [-0.3, -0.25) is 0 Å². The topological polar surface area (TPSA) is 22.1 Å². The van der Waals surface area contributed by atoms with Gasteiger partial charge in [-0.15, -0.1) is 0 Å². The molecule has 0 saturated heterocycles. The molecule has 1 heterocycles. The van der Waals surface area contributed by atoms with Crippen LogP contribution < -0.4 is 4.74 Å². The quantitative estimate of drug-likeness (QED) is 0.775. The number of benzene rings is 1. The zero-order chi connectivity index (χ0) is 14.0. The summed E-state index contributed by atoms with van der Waals surface area (Å²) in [6.07, 6.45) is -4.48. The van der Waals surface area contributed by atoms with Crippen LogP contribution in [0.1, 0.15) is 11.3 Å². The lowest BCUT2D eigenvalue weighted by Crippen LogP contribution is -2.08. The zero-order valence-corrected chi connectivity index (χ0v) is 11.4. The number of ether oxygens (including phenoxy) is 1. The van der Waals surface area contributed by atoms with Crippen molar-refractivity contribution >= 4 is 15.9 Å². The fourth-order valence-electron chi connectivity index (χ4n) is 1.43. The van der Waals surface area contributed by atoms with E-state index >= 15 is 0 Å². The number of pyridine rings is 1. The first-order chi connectivity index (χ1) is 8.86. The molecule has 0 spiro atoms. The molecule has 0 aliphatic carbocycles. The lowest BCUT2D eigenvalue weighted by atomic mass is 10.2. The monoisotopic (exact) mass is 331 g/mol. The second kappa shape index (κ2) is 5.21. The van der Waals surface area contributed by atoms with Crippen molar-refractivity contribution in [3.63, 3.8) is 0 Å². The molecule has 2 rings (SSSR count). The maximum absolute atomic E-state index is 12.5. The van der Waals surface area contributed by atoms with Crippen LogP contribution in [-0.4, -0.2) is 4.98 Å². The van der Waals surface area contributed by atoms with Crippen LogP contribution >= 0.6 is 15.9 Å². The first-order valence-corrected chi connectivity index (χ1v) is 6.14. The Kier molecular flexibility index (Phi) is 3.80. The minimum atomic E-state index is -4.48. The van der Waals surface area contributed by atoms with Crippen LogP contribution in [0, 0.1) is 6.92 Å². The summed E-state index contributed by atoms with van der Waals surface area (Å²) in [4.78, 5) is 3.45. The predicted octanol–water partition coefficient (Wildman–Crippen LogP) is 4.96. The van der Waals surface area contributed by atoms with Crippen molar-refractivity contribution < 1.29 is 17.9 Å². The molecule has 0 bridgehead atoms. The van der Waals surface area contributed by atoms with Crippen LogP contribution in [0.5, 0.6) is 11.6 Å². The lowest BCUT2D eigenvalue weighted by molar-refractivity contribution is -0.141. The van der Waals surface area contributed by atoms with Gasteiger partial charge < -0.3 is 4.74 Å². The van der Waals surface area contributed by atoms with E-state index in [-0.39, 0.29) is 5.88 Å². The van der Waals surface area contributed by atoms with E-state index in [0.29, 0.717) is 5.75 Å². The third-order valence-electron chi connectivity index (χ3n) is 2.38. The Labute approximate surface area is 116 Å². The van der Waals surface area contributed by atoms with Crippen LogP contribution in [0.4, 0.5) is 13.2 Å². The average molecular weight is 332 g/mol. The fraction of sp³-hybridized carbons (Fsp3) is 0.154. The Morgan fingerprint density at radius 2 is 1.89 bits per heavy atom. The Balaban J connectivity index is 2.31.